The van der Waals surface area contributed by atoms with E-state index in [9.17, 15) is 13.2 Å². The summed E-state index contributed by atoms with van der Waals surface area (Å²) in [4.78, 5) is 11.2. The van der Waals surface area contributed by atoms with E-state index < -0.39 is 11.7 Å². The smallest absolute Gasteiger partial charge is 0.356 e. The largest absolute Gasteiger partial charge is 0.416 e. The van der Waals surface area contributed by atoms with Gasteiger partial charge in [0.25, 0.3) is 0 Å². The van der Waals surface area contributed by atoms with Gasteiger partial charge in [0, 0.05) is 42.2 Å². The van der Waals surface area contributed by atoms with Crippen LogP contribution in [0.5, 0.6) is 0 Å². The minimum Gasteiger partial charge on any atom is -0.356 e. The molecular formula is C23H19F3N4. The summed E-state index contributed by atoms with van der Waals surface area (Å²) >= 11 is 0. The fourth-order valence-electron chi connectivity index (χ4n) is 4.02. The number of halogens is 3. The SMILES string of the molecule is FC(F)(F)c1cccc(-c2ncccc2-c2ccc3ncc(N4CCCC4)n3c2)c1. The summed E-state index contributed by atoms with van der Waals surface area (Å²) in [6.45, 7) is 2.00. The van der Waals surface area contributed by atoms with E-state index in [-0.39, 0.29) is 0 Å². The van der Waals surface area contributed by atoms with Gasteiger partial charge in [-0.15, -0.1) is 0 Å². The van der Waals surface area contributed by atoms with Gasteiger partial charge < -0.3 is 4.90 Å². The summed E-state index contributed by atoms with van der Waals surface area (Å²) in [5.74, 6) is 1.04. The lowest BCUT2D eigenvalue weighted by Gasteiger charge is -2.17. The lowest BCUT2D eigenvalue weighted by molar-refractivity contribution is -0.137. The van der Waals surface area contributed by atoms with Crippen molar-refractivity contribution in [3.05, 3.63) is 72.7 Å². The fourth-order valence-corrected chi connectivity index (χ4v) is 4.02. The third kappa shape index (κ3) is 3.30. The Balaban J connectivity index is 1.62. The number of benzene rings is 1. The molecule has 7 heteroatoms. The Morgan fingerprint density at radius 3 is 2.50 bits per heavy atom. The number of pyridine rings is 2. The van der Waals surface area contributed by atoms with Gasteiger partial charge >= 0.3 is 6.18 Å². The molecule has 0 aliphatic carbocycles. The van der Waals surface area contributed by atoms with Gasteiger partial charge in [-0.05, 0) is 43.2 Å². The van der Waals surface area contributed by atoms with E-state index in [0.29, 0.717) is 11.3 Å². The molecule has 152 valence electrons. The van der Waals surface area contributed by atoms with Crippen LogP contribution in [0.25, 0.3) is 28.0 Å². The van der Waals surface area contributed by atoms with Crippen molar-refractivity contribution in [1.82, 2.24) is 14.4 Å². The number of hydrogen-bond donors (Lipinski definition) is 0. The van der Waals surface area contributed by atoms with Gasteiger partial charge in [0.2, 0.25) is 0 Å². The van der Waals surface area contributed by atoms with Crippen LogP contribution in [-0.4, -0.2) is 27.5 Å². The quantitative estimate of drug-likeness (QED) is 0.437. The molecule has 1 fully saturated rings. The maximum Gasteiger partial charge on any atom is 0.416 e. The highest BCUT2D eigenvalue weighted by Gasteiger charge is 2.30. The van der Waals surface area contributed by atoms with Crippen molar-refractivity contribution in [2.45, 2.75) is 19.0 Å². The van der Waals surface area contributed by atoms with Gasteiger partial charge in [0.15, 0.2) is 0 Å². The van der Waals surface area contributed by atoms with E-state index in [0.717, 1.165) is 60.7 Å². The fraction of sp³-hybridized carbons (Fsp3) is 0.217. The van der Waals surface area contributed by atoms with Gasteiger partial charge in [-0.2, -0.15) is 13.2 Å². The second-order valence-electron chi connectivity index (χ2n) is 7.43. The van der Waals surface area contributed by atoms with Crippen molar-refractivity contribution >= 4 is 11.5 Å². The van der Waals surface area contributed by atoms with Gasteiger partial charge in [-0.3, -0.25) is 9.38 Å². The van der Waals surface area contributed by atoms with Crippen LogP contribution >= 0.6 is 0 Å². The number of rotatable bonds is 3. The summed E-state index contributed by atoms with van der Waals surface area (Å²) in [6, 6.07) is 12.8. The first-order valence-electron chi connectivity index (χ1n) is 9.86. The Kier molecular flexibility index (Phi) is 4.46. The van der Waals surface area contributed by atoms with Crippen LogP contribution in [0.1, 0.15) is 18.4 Å². The molecule has 1 aromatic carbocycles. The van der Waals surface area contributed by atoms with Crippen molar-refractivity contribution in [1.29, 1.82) is 0 Å². The van der Waals surface area contributed by atoms with E-state index in [1.54, 1.807) is 18.3 Å². The summed E-state index contributed by atoms with van der Waals surface area (Å²) in [6.07, 6.45) is 3.39. The Hall–Kier alpha value is -3.35. The highest BCUT2D eigenvalue weighted by molar-refractivity contribution is 5.81. The molecule has 0 amide bonds. The summed E-state index contributed by atoms with van der Waals surface area (Å²) in [7, 11) is 0. The van der Waals surface area contributed by atoms with E-state index >= 15 is 0 Å². The predicted molar refractivity (Wildman–Crippen MR) is 110 cm³/mol. The highest BCUT2D eigenvalue weighted by Crippen LogP contribution is 2.35. The van der Waals surface area contributed by atoms with Gasteiger partial charge in [0.1, 0.15) is 11.5 Å². The first-order chi connectivity index (χ1) is 14.5. The second-order valence-corrected chi connectivity index (χ2v) is 7.43. The minimum atomic E-state index is -4.40. The second kappa shape index (κ2) is 7.16. The topological polar surface area (TPSA) is 33.4 Å². The molecule has 0 bridgehead atoms. The van der Waals surface area contributed by atoms with E-state index in [4.69, 9.17) is 0 Å². The Morgan fingerprint density at radius 1 is 0.867 bits per heavy atom. The number of alkyl halides is 3. The molecule has 5 rings (SSSR count). The Labute approximate surface area is 171 Å². The van der Waals surface area contributed by atoms with Gasteiger partial charge in [0.05, 0.1) is 17.5 Å². The maximum absolute atomic E-state index is 13.2. The molecule has 0 unspecified atom stereocenters. The number of aromatic nitrogens is 3. The summed E-state index contributed by atoms with van der Waals surface area (Å²) in [5, 5.41) is 0. The van der Waals surface area contributed by atoms with Gasteiger partial charge in [-0.25, -0.2) is 4.98 Å². The molecule has 1 saturated heterocycles. The van der Waals surface area contributed by atoms with Crippen LogP contribution in [0.15, 0.2) is 67.1 Å². The average Bonchev–Trinajstić information content (AvgIpc) is 3.42. The molecule has 0 N–H and O–H groups in total. The molecule has 0 radical (unpaired) electrons. The average molecular weight is 408 g/mol. The normalized spacial score (nSPS) is 14.6. The van der Waals surface area contributed by atoms with E-state index in [2.05, 4.69) is 14.9 Å². The van der Waals surface area contributed by atoms with Crippen molar-refractivity contribution in [3.8, 4) is 22.4 Å². The van der Waals surface area contributed by atoms with E-state index in [1.165, 1.54) is 6.07 Å². The standard InChI is InChI=1S/C23H19F3N4/c24-23(25,26)18-6-3-5-16(13-18)22-19(7-4-10-27-22)17-8-9-20-28-14-21(30(20)15-17)29-11-1-2-12-29/h3-10,13-15H,1-2,11-12H2. The van der Waals surface area contributed by atoms with Crippen LogP contribution in [-0.2, 0) is 6.18 Å². The zero-order valence-corrected chi connectivity index (χ0v) is 16.1. The third-order valence-corrected chi connectivity index (χ3v) is 5.50. The monoisotopic (exact) mass is 408 g/mol. The zero-order valence-electron chi connectivity index (χ0n) is 16.1. The highest BCUT2D eigenvalue weighted by atomic mass is 19.4. The van der Waals surface area contributed by atoms with Crippen molar-refractivity contribution in [3.63, 3.8) is 0 Å². The molecular weight excluding hydrogens is 389 g/mol. The molecule has 3 aromatic heterocycles. The van der Waals surface area contributed by atoms with Crippen LogP contribution in [0, 0.1) is 0 Å². The zero-order chi connectivity index (χ0) is 20.7. The molecule has 0 atom stereocenters. The summed E-state index contributed by atoms with van der Waals surface area (Å²) < 4.78 is 41.7. The molecule has 4 aromatic rings. The molecule has 1 aliphatic rings. The van der Waals surface area contributed by atoms with Crippen molar-refractivity contribution < 1.29 is 13.2 Å². The van der Waals surface area contributed by atoms with E-state index in [1.807, 2.05) is 35.0 Å². The minimum absolute atomic E-state index is 0.436. The van der Waals surface area contributed by atoms with Crippen LogP contribution in [0.3, 0.4) is 0 Å². The van der Waals surface area contributed by atoms with Crippen LogP contribution in [0.4, 0.5) is 19.0 Å². The molecule has 1 aliphatic heterocycles. The van der Waals surface area contributed by atoms with Crippen molar-refractivity contribution in [2.24, 2.45) is 0 Å². The number of imidazole rings is 1. The Morgan fingerprint density at radius 2 is 1.70 bits per heavy atom. The van der Waals surface area contributed by atoms with Gasteiger partial charge in [-0.1, -0.05) is 18.2 Å². The lowest BCUT2D eigenvalue weighted by Crippen LogP contribution is -2.19. The molecule has 0 saturated carbocycles. The molecule has 4 nitrogen and oxygen atoms in total. The first kappa shape index (κ1) is 18.7. The predicted octanol–water partition coefficient (Wildman–Crippen LogP) is 5.68. The Bertz CT molecular complexity index is 1210. The number of hydrogen-bond acceptors (Lipinski definition) is 3. The summed E-state index contributed by atoms with van der Waals surface area (Å²) in [5.41, 5.74) is 2.76. The maximum atomic E-state index is 13.2. The van der Waals surface area contributed by atoms with Crippen LogP contribution in [0.2, 0.25) is 0 Å². The molecule has 4 heterocycles. The number of nitrogens with zero attached hydrogens (tertiary/aromatic N) is 4. The molecule has 0 spiro atoms. The lowest BCUT2D eigenvalue weighted by atomic mass is 9.99. The third-order valence-electron chi connectivity index (χ3n) is 5.50. The van der Waals surface area contributed by atoms with Crippen molar-refractivity contribution in [2.75, 3.05) is 18.0 Å². The number of anilines is 1. The molecule has 30 heavy (non-hydrogen) atoms. The first-order valence-corrected chi connectivity index (χ1v) is 9.86. The number of fused-ring (bicyclic) bond motifs is 1. The van der Waals surface area contributed by atoms with Crippen LogP contribution < -0.4 is 4.90 Å².